The highest BCUT2D eigenvalue weighted by atomic mass is 15.1. The third-order valence-corrected chi connectivity index (χ3v) is 4.74. The standard InChI is InChI=1S/C15H22N2/c1-14(2,16)15(7-8-15)12-4-5-13-11(10-12)6-9-17(13)3/h4-5,10H,6-9,16H2,1-3H3. The van der Waals surface area contributed by atoms with Gasteiger partial charge in [0.05, 0.1) is 0 Å². The van der Waals surface area contributed by atoms with Crippen molar-refractivity contribution in [1.82, 2.24) is 0 Å². The van der Waals surface area contributed by atoms with Crippen LogP contribution in [0.5, 0.6) is 0 Å². The molecule has 92 valence electrons. The third-order valence-electron chi connectivity index (χ3n) is 4.74. The first-order valence-electron chi connectivity index (χ1n) is 6.57. The van der Waals surface area contributed by atoms with Crippen LogP contribution in [0.25, 0.3) is 0 Å². The summed E-state index contributed by atoms with van der Waals surface area (Å²) in [7, 11) is 2.17. The SMILES string of the molecule is CN1CCc2cc(C3(C(C)(C)N)CC3)ccc21. The quantitative estimate of drug-likeness (QED) is 0.845. The van der Waals surface area contributed by atoms with Crippen molar-refractivity contribution in [2.24, 2.45) is 5.73 Å². The third kappa shape index (κ3) is 1.50. The van der Waals surface area contributed by atoms with Crippen LogP contribution in [0.15, 0.2) is 18.2 Å². The predicted octanol–water partition coefficient (Wildman–Crippen LogP) is 2.45. The Morgan fingerprint density at radius 3 is 2.59 bits per heavy atom. The molecule has 2 N–H and O–H groups in total. The summed E-state index contributed by atoms with van der Waals surface area (Å²) in [6.07, 6.45) is 3.66. The van der Waals surface area contributed by atoms with E-state index in [0.717, 1.165) is 6.54 Å². The van der Waals surface area contributed by atoms with Crippen molar-refractivity contribution in [2.75, 3.05) is 18.5 Å². The highest BCUT2D eigenvalue weighted by molar-refractivity contribution is 5.60. The average Bonchev–Trinajstić information content (AvgIpc) is 3.00. The first kappa shape index (κ1) is 11.1. The summed E-state index contributed by atoms with van der Waals surface area (Å²) in [6.45, 7) is 5.48. The number of anilines is 1. The first-order valence-corrected chi connectivity index (χ1v) is 6.57. The lowest BCUT2D eigenvalue weighted by Crippen LogP contribution is -2.45. The Hall–Kier alpha value is -1.02. The van der Waals surface area contributed by atoms with Gasteiger partial charge in [-0.3, -0.25) is 0 Å². The number of hydrogen-bond donors (Lipinski definition) is 1. The molecule has 0 amide bonds. The topological polar surface area (TPSA) is 29.3 Å². The summed E-state index contributed by atoms with van der Waals surface area (Å²) in [5.41, 5.74) is 10.9. The Morgan fingerprint density at radius 1 is 1.29 bits per heavy atom. The van der Waals surface area contributed by atoms with E-state index in [0.29, 0.717) is 0 Å². The minimum atomic E-state index is -0.105. The Labute approximate surface area is 104 Å². The maximum absolute atomic E-state index is 6.37. The summed E-state index contributed by atoms with van der Waals surface area (Å²) >= 11 is 0. The van der Waals surface area contributed by atoms with Crippen molar-refractivity contribution in [1.29, 1.82) is 0 Å². The summed E-state index contributed by atoms with van der Waals surface area (Å²) < 4.78 is 0. The Balaban J connectivity index is 2.02. The Kier molecular flexibility index (Phi) is 2.13. The van der Waals surface area contributed by atoms with Gasteiger partial charge in [-0.05, 0) is 50.3 Å². The summed E-state index contributed by atoms with van der Waals surface area (Å²) in [4.78, 5) is 2.34. The van der Waals surface area contributed by atoms with Crippen molar-refractivity contribution in [3.8, 4) is 0 Å². The molecule has 17 heavy (non-hydrogen) atoms. The highest BCUT2D eigenvalue weighted by Crippen LogP contribution is 2.55. The van der Waals surface area contributed by atoms with Crippen molar-refractivity contribution < 1.29 is 0 Å². The average molecular weight is 230 g/mol. The molecule has 1 aromatic rings. The van der Waals surface area contributed by atoms with E-state index in [2.05, 4.69) is 44.0 Å². The minimum absolute atomic E-state index is 0.105. The van der Waals surface area contributed by atoms with Gasteiger partial charge in [-0.2, -0.15) is 0 Å². The van der Waals surface area contributed by atoms with Gasteiger partial charge in [-0.1, -0.05) is 12.1 Å². The fourth-order valence-corrected chi connectivity index (χ4v) is 3.29. The van der Waals surface area contributed by atoms with E-state index in [1.165, 1.54) is 36.1 Å². The lowest BCUT2D eigenvalue weighted by Gasteiger charge is -2.31. The fourth-order valence-electron chi connectivity index (χ4n) is 3.29. The number of benzene rings is 1. The number of nitrogens with two attached hydrogens (primary N) is 1. The van der Waals surface area contributed by atoms with Gasteiger partial charge in [0.1, 0.15) is 0 Å². The molecule has 0 aromatic heterocycles. The van der Waals surface area contributed by atoms with Gasteiger partial charge >= 0.3 is 0 Å². The fraction of sp³-hybridized carbons (Fsp3) is 0.600. The van der Waals surface area contributed by atoms with E-state index in [1.54, 1.807) is 0 Å². The monoisotopic (exact) mass is 230 g/mol. The van der Waals surface area contributed by atoms with Crippen LogP contribution in [0.3, 0.4) is 0 Å². The second-order valence-electron chi connectivity index (χ2n) is 6.32. The van der Waals surface area contributed by atoms with Crippen LogP contribution in [-0.4, -0.2) is 19.1 Å². The number of fused-ring (bicyclic) bond motifs is 1. The van der Waals surface area contributed by atoms with Crippen molar-refractivity contribution in [3.63, 3.8) is 0 Å². The molecule has 0 unspecified atom stereocenters. The number of likely N-dealkylation sites (N-methyl/N-ethyl adjacent to an activating group) is 1. The molecule has 1 aliphatic heterocycles. The Bertz CT molecular complexity index is 452. The van der Waals surface area contributed by atoms with Gasteiger partial charge in [0.15, 0.2) is 0 Å². The van der Waals surface area contributed by atoms with Crippen LogP contribution >= 0.6 is 0 Å². The largest absolute Gasteiger partial charge is 0.374 e. The lowest BCUT2D eigenvalue weighted by atomic mass is 9.78. The van der Waals surface area contributed by atoms with Crippen LogP contribution in [0.2, 0.25) is 0 Å². The molecule has 0 atom stereocenters. The van der Waals surface area contributed by atoms with Crippen LogP contribution < -0.4 is 10.6 Å². The van der Waals surface area contributed by atoms with E-state index in [4.69, 9.17) is 5.73 Å². The van der Waals surface area contributed by atoms with Crippen molar-refractivity contribution >= 4 is 5.69 Å². The molecule has 2 nitrogen and oxygen atoms in total. The number of hydrogen-bond acceptors (Lipinski definition) is 2. The number of nitrogens with zero attached hydrogens (tertiary/aromatic N) is 1. The maximum Gasteiger partial charge on any atom is 0.0397 e. The molecule has 1 heterocycles. The summed E-state index contributed by atoms with van der Waals surface area (Å²) in [5.74, 6) is 0. The van der Waals surface area contributed by atoms with E-state index in [9.17, 15) is 0 Å². The second kappa shape index (κ2) is 3.26. The molecule has 3 rings (SSSR count). The van der Waals surface area contributed by atoms with Gasteiger partial charge in [0.25, 0.3) is 0 Å². The molecule has 0 saturated heterocycles. The van der Waals surface area contributed by atoms with Crippen molar-refractivity contribution in [2.45, 2.75) is 44.1 Å². The normalized spacial score (nSPS) is 21.5. The van der Waals surface area contributed by atoms with Crippen LogP contribution in [0.1, 0.15) is 37.8 Å². The van der Waals surface area contributed by atoms with Gasteiger partial charge < -0.3 is 10.6 Å². The van der Waals surface area contributed by atoms with Gasteiger partial charge in [-0.15, -0.1) is 0 Å². The molecule has 0 bridgehead atoms. The van der Waals surface area contributed by atoms with Gasteiger partial charge in [0, 0.05) is 30.2 Å². The van der Waals surface area contributed by atoms with Crippen LogP contribution in [-0.2, 0) is 11.8 Å². The summed E-state index contributed by atoms with van der Waals surface area (Å²) in [5, 5.41) is 0. The molecule has 1 fully saturated rings. The minimum Gasteiger partial charge on any atom is -0.374 e. The lowest BCUT2D eigenvalue weighted by molar-refractivity contribution is 0.391. The molecule has 2 heteroatoms. The molecule has 0 radical (unpaired) electrons. The van der Waals surface area contributed by atoms with Crippen molar-refractivity contribution in [3.05, 3.63) is 29.3 Å². The Morgan fingerprint density at radius 2 is 2.00 bits per heavy atom. The zero-order valence-corrected chi connectivity index (χ0v) is 11.1. The molecular formula is C15H22N2. The van der Waals surface area contributed by atoms with E-state index in [1.807, 2.05) is 0 Å². The van der Waals surface area contributed by atoms with E-state index >= 15 is 0 Å². The molecular weight excluding hydrogens is 208 g/mol. The zero-order valence-electron chi connectivity index (χ0n) is 11.1. The highest BCUT2D eigenvalue weighted by Gasteiger charge is 2.53. The smallest absolute Gasteiger partial charge is 0.0397 e. The zero-order chi connectivity index (χ0) is 12.3. The summed E-state index contributed by atoms with van der Waals surface area (Å²) in [6, 6.07) is 6.98. The molecule has 0 spiro atoms. The van der Waals surface area contributed by atoms with Gasteiger partial charge in [0.2, 0.25) is 0 Å². The molecule has 1 saturated carbocycles. The van der Waals surface area contributed by atoms with Crippen LogP contribution in [0, 0.1) is 0 Å². The van der Waals surface area contributed by atoms with E-state index < -0.39 is 0 Å². The van der Waals surface area contributed by atoms with Gasteiger partial charge in [-0.25, -0.2) is 0 Å². The second-order valence-corrected chi connectivity index (χ2v) is 6.32. The van der Waals surface area contributed by atoms with Crippen LogP contribution in [0.4, 0.5) is 5.69 Å². The molecule has 1 aromatic carbocycles. The molecule has 1 aliphatic carbocycles. The maximum atomic E-state index is 6.37. The predicted molar refractivity (Wildman–Crippen MR) is 72.6 cm³/mol. The first-order chi connectivity index (χ1) is 7.94. The molecule has 2 aliphatic rings. The number of rotatable bonds is 2. The van der Waals surface area contributed by atoms with E-state index in [-0.39, 0.29) is 11.0 Å².